The molecule has 1 aromatic heterocycles. The van der Waals surface area contributed by atoms with Crippen molar-refractivity contribution < 1.29 is 14.3 Å². The van der Waals surface area contributed by atoms with Gasteiger partial charge in [0.2, 0.25) is 0 Å². The molecule has 0 amide bonds. The molecule has 1 aliphatic rings. The predicted octanol–water partition coefficient (Wildman–Crippen LogP) is 3.47. The summed E-state index contributed by atoms with van der Waals surface area (Å²) < 4.78 is 10.6. The summed E-state index contributed by atoms with van der Waals surface area (Å²) in [4.78, 5) is 22.1. The number of carbonyl (C=O) groups excluding carboxylic acids is 1. The molecule has 0 radical (unpaired) electrons. The smallest absolute Gasteiger partial charge is 0.170 e. The molecule has 0 N–H and O–H groups in total. The zero-order valence-corrected chi connectivity index (χ0v) is 15.2. The van der Waals surface area contributed by atoms with Gasteiger partial charge < -0.3 is 14.4 Å². The van der Waals surface area contributed by atoms with Crippen molar-refractivity contribution >= 4 is 23.7 Å². The van der Waals surface area contributed by atoms with Gasteiger partial charge in [-0.1, -0.05) is 11.6 Å². The Morgan fingerprint density at radius 2 is 1.84 bits per heavy atom. The maximum Gasteiger partial charge on any atom is 0.170 e. The molecule has 0 atom stereocenters. The van der Waals surface area contributed by atoms with Gasteiger partial charge in [0.1, 0.15) is 28.0 Å². The summed E-state index contributed by atoms with van der Waals surface area (Å²) in [6, 6.07) is 5.67. The number of hydrogen-bond donors (Lipinski definition) is 0. The van der Waals surface area contributed by atoms with E-state index >= 15 is 0 Å². The molecule has 1 aliphatic carbocycles. The van der Waals surface area contributed by atoms with Crippen LogP contribution in [-0.2, 0) is 6.54 Å². The minimum absolute atomic E-state index is 0.239. The molecule has 6 nitrogen and oxygen atoms in total. The van der Waals surface area contributed by atoms with Crippen LogP contribution in [0.25, 0.3) is 0 Å². The molecule has 0 bridgehead atoms. The normalized spacial score (nSPS) is 13.4. The lowest BCUT2D eigenvalue weighted by molar-refractivity contribution is 0.111. The maximum atomic E-state index is 11.3. The molecule has 1 fully saturated rings. The largest absolute Gasteiger partial charge is 0.497 e. The average molecular weight is 362 g/mol. The van der Waals surface area contributed by atoms with Crippen LogP contribution in [0.3, 0.4) is 0 Å². The fourth-order valence-electron chi connectivity index (χ4n) is 2.63. The lowest BCUT2D eigenvalue weighted by atomic mass is 10.2. The minimum Gasteiger partial charge on any atom is -0.497 e. The van der Waals surface area contributed by atoms with E-state index < -0.39 is 0 Å². The minimum atomic E-state index is 0.239. The van der Waals surface area contributed by atoms with Gasteiger partial charge in [0.05, 0.1) is 14.2 Å². The quantitative estimate of drug-likeness (QED) is 0.703. The number of hydrogen-bond acceptors (Lipinski definition) is 6. The SMILES string of the molecule is COc1cc(CN(C)c2nc(C3CC3)nc(C=O)c2Cl)cc(OC)c1. The molecule has 2 aromatic rings. The Hall–Kier alpha value is -2.34. The van der Waals surface area contributed by atoms with Crippen LogP contribution in [0.4, 0.5) is 5.82 Å². The van der Waals surface area contributed by atoms with Gasteiger partial charge >= 0.3 is 0 Å². The Morgan fingerprint density at radius 3 is 2.36 bits per heavy atom. The molecule has 132 valence electrons. The second kappa shape index (κ2) is 7.27. The number of carbonyl (C=O) groups is 1. The van der Waals surface area contributed by atoms with Crippen molar-refractivity contribution in [2.75, 3.05) is 26.2 Å². The monoisotopic (exact) mass is 361 g/mol. The first-order valence-corrected chi connectivity index (χ1v) is 8.39. The Kier molecular flexibility index (Phi) is 5.08. The zero-order chi connectivity index (χ0) is 18.0. The highest BCUT2D eigenvalue weighted by Crippen LogP contribution is 2.40. The number of aromatic nitrogens is 2. The molecular formula is C18H20ClN3O3. The molecule has 1 heterocycles. The lowest BCUT2D eigenvalue weighted by Gasteiger charge is -2.21. The van der Waals surface area contributed by atoms with E-state index in [1.807, 2.05) is 30.1 Å². The molecule has 3 rings (SSSR count). The number of halogens is 1. The standard InChI is InChI=1S/C18H20ClN3O3/c1-22(9-11-6-13(24-2)8-14(7-11)25-3)18-16(19)15(10-23)20-17(21-18)12-4-5-12/h6-8,10,12H,4-5,9H2,1-3H3. The zero-order valence-electron chi connectivity index (χ0n) is 14.5. The predicted molar refractivity (Wildman–Crippen MR) is 96.1 cm³/mol. The van der Waals surface area contributed by atoms with Crippen LogP contribution in [0.15, 0.2) is 18.2 Å². The van der Waals surface area contributed by atoms with Gasteiger partial charge in [-0.2, -0.15) is 0 Å². The molecular weight excluding hydrogens is 342 g/mol. The van der Waals surface area contributed by atoms with E-state index in [0.29, 0.717) is 41.9 Å². The van der Waals surface area contributed by atoms with Gasteiger partial charge in [0, 0.05) is 25.6 Å². The van der Waals surface area contributed by atoms with Crippen molar-refractivity contribution in [2.24, 2.45) is 0 Å². The van der Waals surface area contributed by atoms with Crippen molar-refractivity contribution in [3.8, 4) is 11.5 Å². The van der Waals surface area contributed by atoms with Crippen LogP contribution in [0.5, 0.6) is 11.5 Å². The molecule has 0 aliphatic heterocycles. The highest BCUT2D eigenvalue weighted by Gasteiger charge is 2.29. The van der Waals surface area contributed by atoms with Gasteiger partial charge in [-0.05, 0) is 30.5 Å². The van der Waals surface area contributed by atoms with Gasteiger partial charge in [-0.25, -0.2) is 9.97 Å². The van der Waals surface area contributed by atoms with Crippen molar-refractivity contribution in [1.82, 2.24) is 9.97 Å². The third kappa shape index (κ3) is 3.85. The van der Waals surface area contributed by atoms with E-state index in [1.165, 1.54) is 0 Å². The van der Waals surface area contributed by atoms with Crippen LogP contribution in [-0.4, -0.2) is 37.5 Å². The number of rotatable bonds is 7. The summed E-state index contributed by atoms with van der Waals surface area (Å²) in [6.07, 6.45) is 2.79. The third-order valence-corrected chi connectivity index (χ3v) is 4.49. The van der Waals surface area contributed by atoms with Crippen LogP contribution in [0.2, 0.25) is 5.02 Å². The fourth-order valence-corrected chi connectivity index (χ4v) is 2.90. The topological polar surface area (TPSA) is 64.5 Å². The van der Waals surface area contributed by atoms with Crippen LogP contribution in [0, 0.1) is 0 Å². The summed E-state index contributed by atoms with van der Waals surface area (Å²) in [5.74, 6) is 3.01. The van der Waals surface area contributed by atoms with E-state index in [1.54, 1.807) is 14.2 Å². The Morgan fingerprint density at radius 1 is 1.20 bits per heavy atom. The van der Waals surface area contributed by atoms with Crippen molar-refractivity contribution in [1.29, 1.82) is 0 Å². The molecule has 0 spiro atoms. The van der Waals surface area contributed by atoms with E-state index in [-0.39, 0.29) is 10.7 Å². The number of ether oxygens (including phenoxy) is 2. The lowest BCUT2D eigenvalue weighted by Crippen LogP contribution is -2.20. The van der Waals surface area contributed by atoms with E-state index in [9.17, 15) is 4.79 Å². The van der Waals surface area contributed by atoms with E-state index in [2.05, 4.69) is 9.97 Å². The first-order chi connectivity index (χ1) is 12.0. The van der Waals surface area contributed by atoms with Crippen LogP contribution >= 0.6 is 11.6 Å². The number of aldehydes is 1. The molecule has 0 saturated heterocycles. The summed E-state index contributed by atoms with van der Waals surface area (Å²) in [5, 5.41) is 0.275. The maximum absolute atomic E-state index is 11.3. The van der Waals surface area contributed by atoms with Gasteiger partial charge in [0.25, 0.3) is 0 Å². The summed E-state index contributed by atoms with van der Waals surface area (Å²) >= 11 is 6.34. The summed E-state index contributed by atoms with van der Waals surface area (Å²) in [5.41, 5.74) is 1.22. The second-order valence-corrected chi connectivity index (χ2v) is 6.45. The molecule has 0 unspecified atom stereocenters. The number of anilines is 1. The highest BCUT2D eigenvalue weighted by molar-refractivity contribution is 6.35. The molecule has 7 heteroatoms. The number of nitrogens with zero attached hydrogens (tertiary/aromatic N) is 3. The molecule has 25 heavy (non-hydrogen) atoms. The van der Waals surface area contributed by atoms with E-state index in [4.69, 9.17) is 21.1 Å². The third-order valence-electron chi connectivity index (χ3n) is 4.12. The van der Waals surface area contributed by atoms with Crippen LogP contribution < -0.4 is 14.4 Å². The van der Waals surface area contributed by atoms with Crippen molar-refractivity contribution in [3.05, 3.63) is 40.3 Å². The average Bonchev–Trinajstić information content (AvgIpc) is 3.46. The van der Waals surface area contributed by atoms with Gasteiger partial charge in [-0.3, -0.25) is 4.79 Å². The van der Waals surface area contributed by atoms with E-state index in [0.717, 1.165) is 18.4 Å². The Bertz CT molecular complexity index is 771. The number of methoxy groups -OCH3 is 2. The van der Waals surface area contributed by atoms with Crippen LogP contribution in [0.1, 0.15) is 40.6 Å². The van der Waals surface area contributed by atoms with Gasteiger partial charge in [0.15, 0.2) is 12.1 Å². The Balaban J connectivity index is 1.91. The van der Waals surface area contributed by atoms with Crippen molar-refractivity contribution in [3.63, 3.8) is 0 Å². The first kappa shape index (κ1) is 17.5. The fraction of sp³-hybridized carbons (Fsp3) is 0.389. The highest BCUT2D eigenvalue weighted by atomic mass is 35.5. The summed E-state index contributed by atoms with van der Waals surface area (Å²) in [6.45, 7) is 0.534. The summed E-state index contributed by atoms with van der Waals surface area (Å²) in [7, 11) is 5.11. The first-order valence-electron chi connectivity index (χ1n) is 8.01. The molecule has 1 aromatic carbocycles. The van der Waals surface area contributed by atoms with Crippen molar-refractivity contribution in [2.45, 2.75) is 25.3 Å². The number of benzene rings is 1. The van der Waals surface area contributed by atoms with Gasteiger partial charge in [-0.15, -0.1) is 0 Å². The molecule has 1 saturated carbocycles. The second-order valence-electron chi connectivity index (χ2n) is 6.07. The Labute approximate surface area is 151 Å².